The average molecular weight is 371 g/mol. The molecule has 2 aromatic rings. The van der Waals surface area contributed by atoms with E-state index < -0.39 is 0 Å². The number of H-pyrrole nitrogens is 1. The number of nitrogens with zero attached hydrogens (tertiary/aromatic N) is 2. The van der Waals surface area contributed by atoms with E-state index in [9.17, 15) is 4.79 Å². The number of halogens is 2. The normalized spacial score (nSPS) is 14.0. The van der Waals surface area contributed by atoms with E-state index in [2.05, 4.69) is 15.5 Å². The number of nitrogens with one attached hydrogen (secondary N) is 2. The second kappa shape index (κ2) is 7.03. The van der Waals surface area contributed by atoms with E-state index in [1.807, 2.05) is 16.7 Å². The summed E-state index contributed by atoms with van der Waals surface area (Å²) in [4.78, 5) is 12.0. The van der Waals surface area contributed by atoms with Crippen molar-refractivity contribution < 1.29 is 4.79 Å². The highest BCUT2D eigenvalue weighted by Crippen LogP contribution is 2.35. The number of amides is 1. The topological polar surface area (TPSA) is 62.7 Å². The van der Waals surface area contributed by atoms with Crippen LogP contribution in [0.1, 0.15) is 36.7 Å². The number of hydrogen-bond acceptors (Lipinski definition) is 3. The van der Waals surface area contributed by atoms with Gasteiger partial charge >= 0.3 is 0 Å². The van der Waals surface area contributed by atoms with Gasteiger partial charge in [0.25, 0.3) is 0 Å². The fourth-order valence-electron chi connectivity index (χ4n) is 2.43. The van der Waals surface area contributed by atoms with E-state index in [-0.39, 0.29) is 5.91 Å². The molecular weight excluding hydrogens is 355 g/mol. The van der Waals surface area contributed by atoms with Gasteiger partial charge in [-0.3, -0.25) is 14.5 Å². The molecule has 1 fully saturated rings. The van der Waals surface area contributed by atoms with Gasteiger partial charge in [-0.25, -0.2) is 0 Å². The number of rotatable bonds is 6. The zero-order valence-electron chi connectivity index (χ0n) is 12.3. The van der Waals surface area contributed by atoms with Crippen LogP contribution in [-0.2, 0) is 17.8 Å². The van der Waals surface area contributed by atoms with Gasteiger partial charge < -0.3 is 5.32 Å². The molecule has 2 N–H and O–H groups in total. The largest absolute Gasteiger partial charge is 0.349 e. The Morgan fingerprint density at radius 2 is 2.22 bits per heavy atom. The summed E-state index contributed by atoms with van der Waals surface area (Å²) >= 11 is 17.3. The first kappa shape index (κ1) is 16.5. The molecule has 1 heterocycles. The van der Waals surface area contributed by atoms with Crippen LogP contribution in [0.3, 0.4) is 0 Å². The summed E-state index contributed by atoms with van der Waals surface area (Å²) in [5, 5.41) is 10.9. The predicted molar refractivity (Wildman–Crippen MR) is 92.3 cm³/mol. The van der Waals surface area contributed by atoms with Crippen molar-refractivity contribution in [2.45, 2.75) is 38.3 Å². The molecular formula is C15H16Cl2N4OS. The standard InChI is InChI=1S/C15H16Cl2N4OS/c16-11-3-1-2-9(14(11)17)4-7-13(22)18-8-12-19-20-15(23)21(12)10-5-6-10/h1-3,10H,4-8H2,(H,18,22)(H,20,23). The van der Waals surface area contributed by atoms with Gasteiger partial charge in [0.15, 0.2) is 10.6 Å². The Morgan fingerprint density at radius 1 is 1.43 bits per heavy atom. The van der Waals surface area contributed by atoms with Crippen molar-refractivity contribution in [2.75, 3.05) is 0 Å². The molecule has 0 bridgehead atoms. The van der Waals surface area contributed by atoms with Crippen molar-refractivity contribution in [3.63, 3.8) is 0 Å². The molecule has 5 nitrogen and oxygen atoms in total. The van der Waals surface area contributed by atoms with Gasteiger partial charge in [0.2, 0.25) is 5.91 Å². The third-order valence-electron chi connectivity index (χ3n) is 3.79. The molecule has 1 aliphatic carbocycles. The van der Waals surface area contributed by atoms with E-state index >= 15 is 0 Å². The minimum absolute atomic E-state index is 0.0580. The summed E-state index contributed by atoms with van der Waals surface area (Å²) in [5.41, 5.74) is 0.870. The van der Waals surface area contributed by atoms with Gasteiger partial charge in [-0.2, -0.15) is 5.10 Å². The maximum absolute atomic E-state index is 12.0. The van der Waals surface area contributed by atoms with Crippen LogP contribution < -0.4 is 5.32 Å². The summed E-state index contributed by atoms with van der Waals surface area (Å²) in [7, 11) is 0. The maximum Gasteiger partial charge on any atom is 0.220 e. The van der Waals surface area contributed by atoms with Gasteiger partial charge in [-0.05, 0) is 43.1 Å². The van der Waals surface area contributed by atoms with Crippen molar-refractivity contribution in [3.05, 3.63) is 44.4 Å². The number of carbonyl (C=O) groups excluding carboxylic acids is 1. The maximum atomic E-state index is 12.0. The molecule has 1 aromatic carbocycles. The summed E-state index contributed by atoms with van der Waals surface area (Å²) in [6.07, 6.45) is 3.11. The number of aromatic amines is 1. The fourth-order valence-corrected chi connectivity index (χ4v) is 3.14. The van der Waals surface area contributed by atoms with Gasteiger partial charge in [-0.15, -0.1) is 0 Å². The van der Waals surface area contributed by atoms with Gasteiger partial charge in [0.1, 0.15) is 0 Å². The van der Waals surface area contributed by atoms with E-state index in [1.54, 1.807) is 6.07 Å². The molecule has 0 unspecified atom stereocenters. The minimum Gasteiger partial charge on any atom is -0.349 e. The van der Waals surface area contributed by atoms with Crippen LogP contribution in [0.25, 0.3) is 0 Å². The Bertz CT molecular complexity index is 782. The molecule has 23 heavy (non-hydrogen) atoms. The van der Waals surface area contributed by atoms with Gasteiger partial charge in [0.05, 0.1) is 16.6 Å². The van der Waals surface area contributed by atoms with Crippen LogP contribution in [-0.4, -0.2) is 20.7 Å². The van der Waals surface area contributed by atoms with Crippen LogP contribution in [0.5, 0.6) is 0 Å². The molecule has 0 saturated heterocycles. The van der Waals surface area contributed by atoms with Gasteiger partial charge in [0, 0.05) is 12.5 Å². The lowest BCUT2D eigenvalue weighted by atomic mass is 10.1. The SMILES string of the molecule is O=C(CCc1cccc(Cl)c1Cl)NCc1n[nH]c(=S)n1C1CC1. The molecule has 0 radical (unpaired) electrons. The van der Waals surface area contributed by atoms with E-state index in [0.29, 0.717) is 40.2 Å². The first-order valence-electron chi connectivity index (χ1n) is 7.41. The van der Waals surface area contributed by atoms with Crippen molar-refractivity contribution in [1.29, 1.82) is 0 Å². The lowest BCUT2D eigenvalue weighted by Crippen LogP contribution is -2.25. The van der Waals surface area contributed by atoms with Crippen LogP contribution >= 0.6 is 35.4 Å². The van der Waals surface area contributed by atoms with Crippen molar-refractivity contribution in [3.8, 4) is 0 Å². The third kappa shape index (κ3) is 3.94. The Labute approximate surface area is 149 Å². The molecule has 1 aliphatic rings. The van der Waals surface area contributed by atoms with Crippen LogP contribution in [0.4, 0.5) is 0 Å². The van der Waals surface area contributed by atoms with Crippen molar-refractivity contribution in [2.24, 2.45) is 0 Å². The van der Waals surface area contributed by atoms with Crippen LogP contribution in [0.15, 0.2) is 18.2 Å². The van der Waals surface area contributed by atoms with Crippen molar-refractivity contribution >= 4 is 41.3 Å². The lowest BCUT2D eigenvalue weighted by Gasteiger charge is -2.08. The Balaban J connectivity index is 1.54. The predicted octanol–water partition coefficient (Wildman–Crippen LogP) is 3.83. The van der Waals surface area contributed by atoms with Crippen LogP contribution in [0.2, 0.25) is 10.0 Å². The molecule has 0 aliphatic heterocycles. The van der Waals surface area contributed by atoms with Gasteiger partial charge in [-0.1, -0.05) is 35.3 Å². The summed E-state index contributed by atoms with van der Waals surface area (Å²) < 4.78 is 2.60. The first-order chi connectivity index (χ1) is 11.1. The number of aryl methyl sites for hydroxylation is 1. The highest BCUT2D eigenvalue weighted by atomic mass is 35.5. The molecule has 1 amide bonds. The quantitative estimate of drug-likeness (QED) is 0.759. The second-order valence-corrected chi connectivity index (χ2v) is 6.71. The fraction of sp³-hybridized carbons (Fsp3) is 0.400. The number of benzene rings is 1. The molecule has 1 saturated carbocycles. The van der Waals surface area contributed by atoms with Crippen LogP contribution in [0, 0.1) is 4.77 Å². The smallest absolute Gasteiger partial charge is 0.220 e. The Kier molecular flexibility index (Phi) is 5.04. The zero-order chi connectivity index (χ0) is 16.4. The Morgan fingerprint density at radius 3 is 2.96 bits per heavy atom. The van der Waals surface area contributed by atoms with Crippen molar-refractivity contribution in [1.82, 2.24) is 20.1 Å². The second-order valence-electron chi connectivity index (χ2n) is 5.54. The van der Waals surface area contributed by atoms with E-state index in [4.69, 9.17) is 35.4 Å². The molecule has 0 atom stereocenters. The molecule has 1 aromatic heterocycles. The third-order valence-corrected chi connectivity index (χ3v) is 4.93. The summed E-state index contributed by atoms with van der Waals surface area (Å²) in [6.45, 7) is 0.367. The number of carbonyl (C=O) groups is 1. The number of aromatic nitrogens is 3. The highest BCUT2D eigenvalue weighted by Gasteiger charge is 2.27. The number of hydrogen-bond donors (Lipinski definition) is 2. The lowest BCUT2D eigenvalue weighted by molar-refractivity contribution is -0.121. The summed E-state index contributed by atoms with van der Waals surface area (Å²) in [5.74, 6) is 0.712. The zero-order valence-corrected chi connectivity index (χ0v) is 14.6. The molecule has 0 spiro atoms. The first-order valence-corrected chi connectivity index (χ1v) is 8.58. The van der Waals surface area contributed by atoms with E-state index in [1.165, 1.54) is 0 Å². The molecule has 3 rings (SSSR count). The minimum atomic E-state index is -0.0580. The highest BCUT2D eigenvalue weighted by molar-refractivity contribution is 7.71. The Hall–Kier alpha value is -1.37. The monoisotopic (exact) mass is 370 g/mol. The molecule has 122 valence electrons. The van der Waals surface area contributed by atoms with E-state index in [0.717, 1.165) is 24.2 Å². The molecule has 8 heteroatoms. The average Bonchev–Trinajstić information content (AvgIpc) is 3.30. The summed E-state index contributed by atoms with van der Waals surface area (Å²) in [6, 6.07) is 5.86.